The Morgan fingerprint density at radius 1 is 1.19 bits per heavy atom. The number of benzene rings is 1. The molecular formula is C22H22F3N5O2. The highest BCUT2D eigenvalue weighted by molar-refractivity contribution is 5.76. The highest BCUT2D eigenvalue weighted by atomic mass is 19.4. The average Bonchev–Trinajstić information content (AvgIpc) is 3.09. The van der Waals surface area contributed by atoms with E-state index in [1.807, 2.05) is 19.9 Å². The molecule has 0 radical (unpaired) electrons. The highest BCUT2D eigenvalue weighted by Gasteiger charge is 2.32. The summed E-state index contributed by atoms with van der Waals surface area (Å²) in [5.74, 6) is -0.117. The molecular weight excluding hydrogens is 423 g/mol. The van der Waals surface area contributed by atoms with Crippen LogP contribution in [0.4, 0.5) is 13.2 Å². The first-order chi connectivity index (χ1) is 15.2. The van der Waals surface area contributed by atoms with Crippen LogP contribution in [-0.4, -0.2) is 50.3 Å². The first-order valence-corrected chi connectivity index (χ1v) is 10.1. The van der Waals surface area contributed by atoms with Crippen molar-refractivity contribution in [2.45, 2.75) is 32.7 Å². The maximum absolute atomic E-state index is 13.2. The first kappa shape index (κ1) is 21.9. The number of alkyl halides is 3. The summed E-state index contributed by atoms with van der Waals surface area (Å²) in [5.41, 5.74) is 1.95. The Labute approximate surface area is 182 Å². The minimum absolute atomic E-state index is 0.105. The minimum atomic E-state index is -4.47. The second-order valence-corrected chi connectivity index (χ2v) is 7.65. The number of morpholine rings is 1. The van der Waals surface area contributed by atoms with Crippen LogP contribution in [-0.2, 0) is 22.3 Å². The van der Waals surface area contributed by atoms with Crippen molar-refractivity contribution in [1.82, 2.24) is 24.6 Å². The summed E-state index contributed by atoms with van der Waals surface area (Å²) < 4.78 is 47.0. The monoisotopic (exact) mass is 445 g/mol. The summed E-state index contributed by atoms with van der Waals surface area (Å²) in [6.45, 7) is 4.77. The molecule has 1 aromatic carbocycles. The van der Waals surface area contributed by atoms with Crippen molar-refractivity contribution in [3.8, 4) is 11.3 Å². The molecule has 3 aromatic rings. The van der Waals surface area contributed by atoms with Gasteiger partial charge in [0, 0.05) is 30.2 Å². The van der Waals surface area contributed by atoms with Crippen molar-refractivity contribution >= 4 is 5.91 Å². The van der Waals surface area contributed by atoms with Gasteiger partial charge in [0.25, 0.3) is 0 Å². The van der Waals surface area contributed by atoms with Gasteiger partial charge in [-0.2, -0.15) is 18.3 Å². The van der Waals surface area contributed by atoms with Crippen LogP contribution in [0.3, 0.4) is 0 Å². The van der Waals surface area contributed by atoms with Gasteiger partial charge in [-0.05, 0) is 32.0 Å². The number of amides is 1. The van der Waals surface area contributed by atoms with E-state index in [1.54, 1.807) is 15.6 Å². The molecule has 0 saturated carbocycles. The van der Waals surface area contributed by atoms with Gasteiger partial charge in [-0.15, -0.1) is 0 Å². The molecule has 2 aromatic heterocycles. The molecule has 7 nitrogen and oxygen atoms in total. The third-order valence-corrected chi connectivity index (χ3v) is 5.30. The summed E-state index contributed by atoms with van der Waals surface area (Å²) in [5, 5.41) is 4.33. The topological polar surface area (TPSA) is 73.1 Å². The van der Waals surface area contributed by atoms with E-state index in [1.165, 1.54) is 18.5 Å². The lowest BCUT2D eigenvalue weighted by Crippen LogP contribution is -2.44. The van der Waals surface area contributed by atoms with E-state index >= 15 is 0 Å². The number of aromatic nitrogens is 4. The van der Waals surface area contributed by atoms with Crippen LogP contribution in [0.1, 0.15) is 28.7 Å². The molecule has 32 heavy (non-hydrogen) atoms. The van der Waals surface area contributed by atoms with Gasteiger partial charge in [0.1, 0.15) is 12.6 Å². The van der Waals surface area contributed by atoms with Gasteiger partial charge in [0.15, 0.2) is 0 Å². The van der Waals surface area contributed by atoms with E-state index in [-0.39, 0.29) is 31.2 Å². The van der Waals surface area contributed by atoms with Crippen LogP contribution in [0.25, 0.3) is 11.3 Å². The summed E-state index contributed by atoms with van der Waals surface area (Å²) in [6.07, 6.45) is -2.18. The van der Waals surface area contributed by atoms with Gasteiger partial charge in [0.2, 0.25) is 5.91 Å². The van der Waals surface area contributed by atoms with E-state index < -0.39 is 17.8 Å². The lowest BCUT2D eigenvalue weighted by molar-refractivity contribution is -0.140. The van der Waals surface area contributed by atoms with Crippen LogP contribution in [0.15, 0.2) is 42.7 Å². The SMILES string of the molecule is Cc1cc(C)n(CC(=O)N2CCO[C@H](c3nccnc3-c3cccc(C(F)(F)F)c3)C2)n1. The third-order valence-electron chi connectivity index (χ3n) is 5.30. The largest absolute Gasteiger partial charge is 0.416 e. The molecule has 1 atom stereocenters. The average molecular weight is 445 g/mol. The molecule has 1 amide bonds. The van der Waals surface area contributed by atoms with Crippen molar-refractivity contribution in [3.05, 3.63) is 65.4 Å². The molecule has 0 N–H and O–H groups in total. The predicted molar refractivity (Wildman–Crippen MR) is 109 cm³/mol. The second kappa shape index (κ2) is 8.70. The van der Waals surface area contributed by atoms with Gasteiger partial charge >= 0.3 is 6.18 Å². The second-order valence-electron chi connectivity index (χ2n) is 7.65. The Morgan fingerprint density at radius 3 is 2.69 bits per heavy atom. The zero-order chi connectivity index (χ0) is 22.9. The van der Waals surface area contributed by atoms with Gasteiger partial charge in [-0.25, -0.2) is 0 Å². The zero-order valence-corrected chi connectivity index (χ0v) is 17.6. The smallest absolute Gasteiger partial charge is 0.368 e. The lowest BCUT2D eigenvalue weighted by Gasteiger charge is -2.33. The number of hydrogen-bond donors (Lipinski definition) is 0. The standard InChI is InChI=1S/C22H22F3N5O2/c1-14-10-15(2)30(28-14)13-19(31)29-8-9-32-18(12-29)21-20(26-6-7-27-21)16-4-3-5-17(11-16)22(23,24)25/h3-7,10-11,18H,8-9,12-13H2,1-2H3/t18-/m0/s1. The van der Waals surface area contributed by atoms with Crippen LogP contribution in [0, 0.1) is 13.8 Å². The number of carbonyl (C=O) groups is 1. The maximum atomic E-state index is 13.2. The summed E-state index contributed by atoms with van der Waals surface area (Å²) in [6, 6.07) is 6.84. The Morgan fingerprint density at radius 2 is 1.97 bits per heavy atom. The number of halogens is 3. The van der Waals surface area contributed by atoms with E-state index in [9.17, 15) is 18.0 Å². The molecule has 1 saturated heterocycles. The van der Waals surface area contributed by atoms with E-state index in [2.05, 4.69) is 15.1 Å². The normalized spacial score (nSPS) is 16.9. The van der Waals surface area contributed by atoms with Gasteiger partial charge in [-0.3, -0.25) is 19.4 Å². The molecule has 3 heterocycles. The maximum Gasteiger partial charge on any atom is 0.416 e. The van der Waals surface area contributed by atoms with Crippen molar-refractivity contribution < 1.29 is 22.7 Å². The molecule has 0 spiro atoms. The fraction of sp³-hybridized carbons (Fsp3) is 0.364. The number of hydrogen-bond acceptors (Lipinski definition) is 5. The van der Waals surface area contributed by atoms with E-state index in [0.29, 0.717) is 17.9 Å². The molecule has 0 bridgehead atoms. The van der Waals surface area contributed by atoms with Crippen LogP contribution < -0.4 is 0 Å². The number of rotatable bonds is 4. The summed E-state index contributed by atoms with van der Waals surface area (Å²) >= 11 is 0. The van der Waals surface area contributed by atoms with Crippen molar-refractivity contribution in [3.63, 3.8) is 0 Å². The fourth-order valence-electron chi connectivity index (χ4n) is 3.75. The van der Waals surface area contributed by atoms with Crippen LogP contribution >= 0.6 is 0 Å². The van der Waals surface area contributed by atoms with Crippen LogP contribution in [0.2, 0.25) is 0 Å². The van der Waals surface area contributed by atoms with Gasteiger partial charge in [-0.1, -0.05) is 12.1 Å². The quantitative estimate of drug-likeness (QED) is 0.614. The van der Waals surface area contributed by atoms with E-state index in [0.717, 1.165) is 23.5 Å². The summed E-state index contributed by atoms with van der Waals surface area (Å²) in [7, 11) is 0. The minimum Gasteiger partial charge on any atom is -0.368 e. The summed E-state index contributed by atoms with van der Waals surface area (Å²) in [4.78, 5) is 23.1. The Kier molecular flexibility index (Phi) is 5.96. The predicted octanol–water partition coefficient (Wildman–Crippen LogP) is 3.58. The molecule has 0 unspecified atom stereocenters. The lowest BCUT2D eigenvalue weighted by atomic mass is 10.0. The molecule has 10 heteroatoms. The molecule has 1 fully saturated rings. The van der Waals surface area contributed by atoms with E-state index in [4.69, 9.17) is 4.74 Å². The van der Waals surface area contributed by atoms with Crippen LogP contribution in [0.5, 0.6) is 0 Å². The Balaban J connectivity index is 1.57. The number of ether oxygens (including phenoxy) is 1. The number of aryl methyl sites for hydroxylation is 2. The molecule has 1 aliphatic heterocycles. The molecule has 168 valence electrons. The molecule has 0 aliphatic carbocycles. The fourth-order valence-corrected chi connectivity index (χ4v) is 3.75. The van der Waals surface area contributed by atoms with Gasteiger partial charge in [0.05, 0.1) is 35.8 Å². The number of nitrogens with zero attached hydrogens (tertiary/aromatic N) is 5. The highest BCUT2D eigenvalue weighted by Crippen LogP contribution is 2.34. The zero-order valence-electron chi connectivity index (χ0n) is 17.6. The molecule has 1 aliphatic rings. The van der Waals surface area contributed by atoms with Crippen molar-refractivity contribution in [1.29, 1.82) is 0 Å². The third kappa shape index (κ3) is 4.64. The Hall–Kier alpha value is -3.27. The van der Waals surface area contributed by atoms with Crippen molar-refractivity contribution in [2.75, 3.05) is 19.7 Å². The van der Waals surface area contributed by atoms with Gasteiger partial charge < -0.3 is 9.64 Å². The molecule has 4 rings (SSSR count). The van der Waals surface area contributed by atoms with Crippen molar-refractivity contribution in [2.24, 2.45) is 0 Å². The first-order valence-electron chi connectivity index (χ1n) is 10.1. The Bertz CT molecular complexity index is 1130. The number of carbonyl (C=O) groups excluding carboxylic acids is 1.